The van der Waals surface area contributed by atoms with Crippen molar-refractivity contribution in [2.45, 2.75) is 19.5 Å². The molecular weight excluding hydrogens is 467 g/mol. The summed E-state index contributed by atoms with van der Waals surface area (Å²) in [5.41, 5.74) is 10.8. The largest absolute Gasteiger partial charge is 0.366 e. The van der Waals surface area contributed by atoms with Crippen molar-refractivity contribution in [2.75, 3.05) is 5.32 Å². The van der Waals surface area contributed by atoms with Crippen molar-refractivity contribution in [1.29, 1.82) is 0 Å². The minimum atomic E-state index is -0.474. The van der Waals surface area contributed by atoms with Crippen LogP contribution in [-0.2, 0) is 6.54 Å². The van der Waals surface area contributed by atoms with Crippen LogP contribution in [0.5, 0.6) is 0 Å². The second kappa shape index (κ2) is 10.4. The van der Waals surface area contributed by atoms with Crippen LogP contribution >= 0.6 is 0 Å². The Hall–Kier alpha value is -4.85. The molecule has 0 bridgehead atoms. The first-order valence-corrected chi connectivity index (χ1v) is 11.8. The summed E-state index contributed by atoms with van der Waals surface area (Å²) < 4.78 is 15.7. The monoisotopic (exact) mass is 492 g/mol. The smallest absolute Gasteiger partial charge is 0.248 e. The number of aromatic nitrogens is 4. The molecule has 3 aromatic carbocycles. The highest BCUT2D eigenvalue weighted by Crippen LogP contribution is 2.31. The highest BCUT2D eigenvalue weighted by Gasteiger charge is 2.18. The van der Waals surface area contributed by atoms with Crippen molar-refractivity contribution >= 4 is 11.9 Å². The number of carbonyl (C=O) groups is 1. The molecule has 37 heavy (non-hydrogen) atoms. The standard InChI is InChI=1S/C29H25FN6O/c1-19(21-5-3-2-4-6-21)34-29-32-16-15-25(35-29)26-27(22-11-13-24(30)14-12-22)36(18-33-26)17-20-7-9-23(10-8-20)28(31)37/h2-16,18-19H,17H2,1H3,(H2,31,37)(H,32,34,35)/t19-/m0/s1. The number of imidazole rings is 1. The van der Waals surface area contributed by atoms with Crippen molar-refractivity contribution in [3.63, 3.8) is 0 Å². The van der Waals surface area contributed by atoms with Gasteiger partial charge in [-0.15, -0.1) is 0 Å². The van der Waals surface area contributed by atoms with Crippen molar-refractivity contribution in [2.24, 2.45) is 5.73 Å². The highest BCUT2D eigenvalue weighted by molar-refractivity contribution is 5.92. The fraction of sp³-hybridized carbons (Fsp3) is 0.103. The lowest BCUT2D eigenvalue weighted by Crippen LogP contribution is -2.11. The topological polar surface area (TPSA) is 98.7 Å². The number of hydrogen-bond acceptors (Lipinski definition) is 5. The zero-order chi connectivity index (χ0) is 25.8. The van der Waals surface area contributed by atoms with Crippen LogP contribution in [0, 0.1) is 5.82 Å². The molecule has 2 aromatic heterocycles. The number of nitrogens with one attached hydrogen (secondary N) is 1. The third kappa shape index (κ3) is 5.38. The first kappa shape index (κ1) is 23.9. The molecule has 1 amide bonds. The molecule has 0 unspecified atom stereocenters. The van der Waals surface area contributed by atoms with Gasteiger partial charge in [0.2, 0.25) is 11.9 Å². The molecule has 0 aliphatic rings. The number of anilines is 1. The molecule has 5 aromatic rings. The van der Waals surface area contributed by atoms with Crippen LogP contribution < -0.4 is 11.1 Å². The van der Waals surface area contributed by atoms with E-state index >= 15 is 0 Å². The fourth-order valence-electron chi connectivity index (χ4n) is 4.15. The summed E-state index contributed by atoms with van der Waals surface area (Å²) in [6.45, 7) is 2.54. The van der Waals surface area contributed by atoms with E-state index in [1.54, 1.807) is 42.9 Å². The Morgan fingerprint density at radius 2 is 1.70 bits per heavy atom. The van der Waals surface area contributed by atoms with E-state index in [0.717, 1.165) is 22.4 Å². The molecule has 7 nitrogen and oxygen atoms in total. The summed E-state index contributed by atoms with van der Waals surface area (Å²) in [6.07, 6.45) is 3.43. The number of halogens is 1. The van der Waals surface area contributed by atoms with Gasteiger partial charge in [0, 0.05) is 23.9 Å². The maximum atomic E-state index is 13.7. The van der Waals surface area contributed by atoms with Crippen LogP contribution in [0.3, 0.4) is 0 Å². The van der Waals surface area contributed by atoms with Crippen LogP contribution in [0.15, 0.2) is 97.5 Å². The summed E-state index contributed by atoms with van der Waals surface area (Å²) in [6, 6.07) is 25.3. The van der Waals surface area contributed by atoms with Crippen LogP contribution in [0.25, 0.3) is 22.6 Å². The van der Waals surface area contributed by atoms with Gasteiger partial charge in [-0.1, -0.05) is 42.5 Å². The van der Waals surface area contributed by atoms with Gasteiger partial charge in [0.25, 0.3) is 0 Å². The van der Waals surface area contributed by atoms with Crippen LogP contribution in [0.4, 0.5) is 10.3 Å². The summed E-state index contributed by atoms with van der Waals surface area (Å²) in [7, 11) is 0. The lowest BCUT2D eigenvalue weighted by Gasteiger charge is -2.15. The van der Waals surface area contributed by atoms with E-state index in [0.29, 0.717) is 29.4 Å². The molecule has 8 heteroatoms. The molecule has 0 radical (unpaired) electrons. The maximum absolute atomic E-state index is 13.7. The Labute approximate surface area is 213 Å². The van der Waals surface area contributed by atoms with Gasteiger partial charge in [0.05, 0.1) is 23.8 Å². The molecule has 0 aliphatic carbocycles. The number of rotatable bonds is 8. The van der Waals surface area contributed by atoms with Crippen LogP contribution in [0.2, 0.25) is 0 Å². The first-order chi connectivity index (χ1) is 18.0. The fourth-order valence-corrected chi connectivity index (χ4v) is 4.15. The number of nitrogens with zero attached hydrogens (tertiary/aromatic N) is 4. The Morgan fingerprint density at radius 3 is 2.41 bits per heavy atom. The SMILES string of the molecule is C[C@H](Nc1nccc(-c2ncn(Cc3ccc(C(N)=O)cc3)c2-c2ccc(F)cc2)n1)c1ccccc1. The van der Waals surface area contributed by atoms with Crippen LogP contribution in [-0.4, -0.2) is 25.4 Å². The van der Waals surface area contributed by atoms with E-state index < -0.39 is 5.91 Å². The minimum absolute atomic E-state index is 0.00829. The van der Waals surface area contributed by atoms with E-state index in [1.807, 2.05) is 54.0 Å². The van der Waals surface area contributed by atoms with Crippen molar-refractivity contribution < 1.29 is 9.18 Å². The molecule has 3 N–H and O–H groups in total. The van der Waals surface area contributed by atoms with Crippen molar-refractivity contribution in [3.8, 4) is 22.6 Å². The van der Waals surface area contributed by atoms with Gasteiger partial charge < -0.3 is 15.6 Å². The third-order valence-corrected chi connectivity index (χ3v) is 6.09. The molecule has 0 aliphatic heterocycles. The zero-order valence-electron chi connectivity index (χ0n) is 20.2. The molecule has 2 heterocycles. The zero-order valence-corrected chi connectivity index (χ0v) is 20.2. The second-order valence-corrected chi connectivity index (χ2v) is 8.68. The van der Waals surface area contributed by atoms with Crippen LogP contribution in [0.1, 0.15) is 34.5 Å². The Kier molecular flexibility index (Phi) is 6.72. The number of benzene rings is 3. The number of amides is 1. The van der Waals surface area contributed by atoms with E-state index in [9.17, 15) is 9.18 Å². The average Bonchev–Trinajstić information content (AvgIpc) is 3.33. The molecule has 184 valence electrons. The molecule has 0 saturated heterocycles. The maximum Gasteiger partial charge on any atom is 0.248 e. The number of nitrogens with two attached hydrogens (primary N) is 1. The predicted molar refractivity (Wildman–Crippen MR) is 141 cm³/mol. The van der Waals surface area contributed by atoms with E-state index in [2.05, 4.69) is 15.3 Å². The van der Waals surface area contributed by atoms with E-state index in [1.165, 1.54) is 12.1 Å². The van der Waals surface area contributed by atoms with Gasteiger partial charge in [-0.2, -0.15) is 0 Å². The normalized spacial score (nSPS) is 11.7. The van der Waals surface area contributed by atoms with E-state index in [-0.39, 0.29) is 11.9 Å². The summed E-state index contributed by atoms with van der Waals surface area (Å²) in [5, 5.41) is 3.35. The van der Waals surface area contributed by atoms with Crippen molar-refractivity contribution in [1.82, 2.24) is 19.5 Å². The predicted octanol–water partition coefficient (Wildman–Crippen LogP) is 5.47. The Balaban J connectivity index is 1.50. The summed E-state index contributed by atoms with van der Waals surface area (Å²) >= 11 is 0. The number of carbonyl (C=O) groups excluding carboxylic acids is 1. The lowest BCUT2D eigenvalue weighted by atomic mass is 10.1. The molecule has 5 rings (SSSR count). The first-order valence-electron chi connectivity index (χ1n) is 11.8. The van der Waals surface area contributed by atoms with Gasteiger partial charge in [-0.3, -0.25) is 4.79 Å². The molecule has 0 fully saturated rings. The van der Waals surface area contributed by atoms with Gasteiger partial charge in [-0.25, -0.2) is 19.3 Å². The Morgan fingerprint density at radius 1 is 0.973 bits per heavy atom. The van der Waals surface area contributed by atoms with Gasteiger partial charge in [0.1, 0.15) is 11.5 Å². The molecular formula is C29H25FN6O. The number of hydrogen-bond donors (Lipinski definition) is 2. The number of primary amides is 1. The average molecular weight is 493 g/mol. The van der Waals surface area contributed by atoms with Gasteiger partial charge in [0.15, 0.2) is 0 Å². The molecule has 1 atom stereocenters. The van der Waals surface area contributed by atoms with E-state index in [4.69, 9.17) is 10.7 Å². The molecule has 0 spiro atoms. The quantitative estimate of drug-likeness (QED) is 0.299. The Bertz CT molecular complexity index is 1510. The lowest BCUT2D eigenvalue weighted by molar-refractivity contribution is 0.100. The summed E-state index contributed by atoms with van der Waals surface area (Å²) in [5.74, 6) is -0.310. The molecule has 0 saturated carbocycles. The summed E-state index contributed by atoms with van der Waals surface area (Å²) in [4.78, 5) is 25.3. The second-order valence-electron chi connectivity index (χ2n) is 8.68. The highest BCUT2D eigenvalue weighted by atomic mass is 19.1. The van der Waals surface area contributed by atoms with Crippen molar-refractivity contribution in [3.05, 3.63) is 120 Å². The van der Waals surface area contributed by atoms with Gasteiger partial charge >= 0.3 is 0 Å². The minimum Gasteiger partial charge on any atom is -0.366 e. The van der Waals surface area contributed by atoms with Gasteiger partial charge in [-0.05, 0) is 60.5 Å². The third-order valence-electron chi connectivity index (χ3n) is 6.09.